The molecule has 1 heterocycles. The Hall–Kier alpha value is -1.08. The molecular weight excluding hydrogens is 214 g/mol. The van der Waals surface area contributed by atoms with Crippen molar-refractivity contribution in [2.75, 3.05) is 19.6 Å². The van der Waals surface area contributed by atoms with E-state index < -0.39 is 0 Å². The highest BCUT2D eigenvalue weighted by molar-refractivity contribution is 5.75. The normalized spacial score (nSPS) is 16.4. The van der Waals surface area contributed by atoms with Gasteiger partial charge in [-0.15, -0.1) is 0 Å². The van der Waals surface area contributed by atoms with Crippen molar-refractivity contribution in [3.05, 3.63) is 0 Å². The number of unbranched alkanes of at least 4 members (excludes halogenated alkanes) is 2. The molecule has 0 saturated carbocycles. The summed E-state index contributed by atoms with van der Waals surface area (Å²) in [6.07, 6.45) is 6.46. The third kappa shape index (κ3) is 6.96. The molecule has 1 fully saturated rings. The molecule has 0 aromatic heterocycles. The maximum atomic E-state index is 11.5. The molecule has 1 rings (SSSR count). The Bertz CT molecular complexity index is 254. The second-order valence-corrected chi connectivity index (χ2v) is 4.70. The van der Waals surface area contributed by atoms with Crippen LogP contribution in [0.25, 0.3) is 0 Å². The fourth-order valence-corrected chi connectivity index (χ4v) is 2.15. The number of hydrogen-bond acceptors (Lipinski definition) is 3. The number of piperidine rings is 1. The van der Waals surface area contributed by atoms with Crippen molar-refractivity contribution in [2.24, 2.45) is 5.92 Å². The summed E-state index contributed by atoms with van der Waals surface area (Å²) < 4.78 is 0. The summed E-state index contributed by atoms with van der Waals surface area (Å²) in [4.78, 5) is 11.5. The van der Waals surface area contributed by atoms with E-state index in [0.717, 1.165) is 38.3 Å². The Labute approximate surface area is 104 Å². The SMILES string of the molecule is N#CCCCCNC(=O)CCC1CCNCC1. The lowest BCUT2D eigenvalue weighted by molar-refractivity contribution is -0.121. The van der Waals surface area contributed by atoms with Crippen molar-refractivity contribution >= 4 is 5.91 Å². The molecule has 0 bridgehead atoms. The molecule has 0 aromatic rings. The fourth-order valence-electron chi connectivity index (χ4n) is 2.15. The van der Waals surface area contributed by atoms with Crippen molar-refractivity contribution in [3.8, 4) is 6.07 Å². The fraction of sp³-hybridized carbons (Fsp3) is 0.846. The van der Waals surface area contributed by atoms with E-state index in [0.29, 0.717) is 19.4 Å². The Morgan fingerprint density at radius 2 is 2.12 bits per heavy atom. The molecule has 0 radical (unpaired) electrons. The van der Waals surface area contributed by atoms with Gasteiger partial charge >= 0.3 is 0 Å². The summed E-state index contributed by atoms with van der Waals surface area (Å²) in [5.41, 5.74) is 0. The van der Waals surface area contributed by atoms with E-state index >= 15 is 0 Å². The summed E-state index contributed by atoms with van der Waals surface area (Å²) in [6, 6.07) is 2.11. The van der Waals surface area contributed by atoms with Gasteiger partial charge in [0.2, 0.25) is 5.91 Å². The Balaban J connectivity index is 1.95. The highest BCUT2D eigenvalue weighted by Gasteiger charge is 2.13. The number of nitrogens with one attached hydrogen (secondary N) is 2. The lowest BCUT2D eigenvalue weighted by Crippen LogP contribution is -2.29. The smallest absolute Gasteiger partial charge is 0.220 e. The molecule has 0 spiro atoms. The largest absolute Gasteiger partial charge is 0.356 e. The maximum absolute atomic E-state index is 11.5. The molecule has 1 aliphatic rings. The number of nitriles is 1. The van der Waals surface area contributed by atoms with Gasteiger partial charge in [0.25, 0.3) is 0 Å². The molecule has 0 aromatic carbocycles. The number of amides is 1. The van der Waals surface area contributed by atoms with Crippen molar-refractivity contribution in [3.63, 3.8) is 0 Å². The summed E-state index contributed by atoms with van der Waals surface area (Å²) in [5.74, 6) is 0.890. The van der Waals surface area contributed by atoms with Gasteiger partial charge in [0.1, 0.15) is 0 Å². The number of nitrogens with zero attached hydrogens (tertiary/aromatic N) is 1. The maximum Gasteiger partial charge on any atom is 0.220 e. The van der Waals surface area contributed by atoms with Crippen LogP contribution < -0.4 is 10.6 Å². The molecule has 17 heavy (non-hydrogen) atoms. The first-order chi connectivity index (χ1) is 8.33. The van der Waals surface area contributed by atoms with Crippen LogP contribution in [-0.2, 0) is 4.79 Å². The molecule has 2 N–H and O–H groups in total. The lowest BCUT2D eigenvalue weighted by Gasteiger charge is -2.22. The Morgan fingerprint density at radius 3 is 2.82 bits per heavy atom. The second kappa shape index (κ2) is 9.00. The van der Waals surface area contributed by atoms with Crippen molar-refractivity contribution in [2.45, 2.75) is 44.9 Å². The van der Waals surface area contributed by atoms with Crippen LogP contribution in [0, 0.1) is 17.2 Å². The predicted molar refractivity (Wildman–Crippen MR) is 67.3 cm³/mol. The van der Waals surface area contributed by atoms with Gasteiger partial charge in [-0.25, -0.2) is 0 Å². The quantitative estimate of drug-likeness (QED) is 0.661. The van der Waals surface area contributed by atoms with Gasteiger partial charge in [-0.3, -0.25) is 4.79 Å². The van der Waals surface area contributed by atoms with E-state index in [1.165, 1.54) is 12.8 Å². The average Bonchev–Trinajstić information content (AvgIpc) is 2.37. The molecule has 96 valence electrons. The monoisotopic (exact) mass is 237 g/mol. The molecule has 1 amide bonds. The van der Waals surface area contributed by atoms with Crippen LogP contribution >= 0.6 is 0 Å². The van der Waals surface area contributed by atoms with E-state index in [1.54, 1.807) is 0 Å². The molecular formula is C13H23N3O. The van der Waals surface area contributed by atoms with Gasteiger partial charge in [0.05, 0.1) is 6.07 Å². The minimum atomic E-state index is 0.167. The van der Waals surface area contributed by atoms with Gasteiger partial charge in [0, 0.05) is 19.4 Å². The van der Waals surface area contributed by atoms with Crippen molar-refractivity contribution in [1.29, 1.82) is 5.26 Å². The standard InChI is InChI=1S/C13H23N3O/c14-8-2-1-3-9-16-13(17)5-4-12-6-10-15-11-7-12/h12,15H,1-7,9-11H2,(H,16,17). The number of hydrogen-bond donors (Lipinski definition) is 2. The third-order valence-corrected chi connectivity index (χ3v) is 3.28. The summed E-state index contributed by atoms with van der Waals surface area (Å²) in [6.45, 7) is 2.91. The van der Waals surface area contributed by atoms with Crippen LogP contribution in [0.4, 0.5) is 0 Å². The molecule has 4 nitrogen and oxygen atoms in total. The topological polar surface area (TPSA) is 64.9 Å². The minimum absolute atomic E-state index is 0.167. The first kappa shape index (κ1) is 14.0. The van der Waals surface area contributed by atoms with Crippen LogP contribution in [0.1, 0.15) is 44.9 Å². The summed E-state index contributed by atoms with van der Waals surface area (Å²) in [5, 5.41) is 14.6. The van der Waals surface area contributed by atoms with Crippen LogP contribution in [0.5, 0.6) is 0 Å². The highest BCUT2D eigenvalue weighted by atomic mass is 16.1. The molecule has 1 aliphatic heterocycles. The molecule has 1 saturated heterocycles. The van der Waals surface area contributed by atoms with Crippen LogP contribution in [0.15, 0.2) is 0 Å². The molecule has 0 aliphatic carbocycles. The summed E-state index contributed by atoms with van der Waals surface area (Å²) in [7, 11) is 0. The zero-order valence-electron chi connectivity index (χ0n) is 10.5. The second-order valence-electron chi connectivity index (χ2n) is 4.70. The van der Waals surface area contributed by atoms with E-state index in [-0.39, 0.29) is 5.91 Å². The zero-order chi connectivity index (χ0) is 12.3. The van der Waals surface area contributed by atoms with Crippen molar-refractivity contribution in [1.82, 2.24) is 10.6 Å². The summed E-state index contributed by atoms with van der Waals surface area (Å²) >= 11 is 0. The Morgan fingerprint density at radius 1 is 1.35 bits per heavy atom. The van der Waals surface area contributed by atoms with E-state index in [9.17, 15) is 4.79 Å². The van der Waals surface area contributed by atoms with E-state index in [1.807, 2.05) is 0 Å². The van der Waals surface area contributed by atoms with Crippen LogP contribution in [0.2, 0.25) is 0 Å². The van der Waals surface area contributed by atoms with Crippen LogP contribution in [0.3, 0.4) is 0 Å². The third-order valence-electron chi connectivity index (χ3n) is 3.28. The first-order valence-corrected chi connectivity index (χ1v) is 6.67. The molecule has 0 unspecified atom stereocenters. The van der Waals surface area contributed by atoms with Crippen LogP contribution in [-0.4, -0.2) is 25.5 Å². The zero-order valence-corrected chi connectivity index (χ0v) is 10.5. The predicted octanol–water partition coefficient (Wildman–Crippen LogP) is 1.58. The number of carbonyl (C=O) groups excluding carboxylic acids is 1. The number of carbonyl (C=O) groups is 1. The van der Waals surface area contributed by atoms with E-state index in [2.05, 4.69) is 16.7 Å². The van der Waals surface area contributed by atoms with Gasteiger partial charge in [0.15, 0.2) is 0 Å². The van der Waals surface area contributed by atoms with Gasteiger partial charge in [-0.05, 0) is 51.1 Å². The van der Waals surface area contributed by atoms with Crippen molar-refractivity contribution < 1.29 is 4.79 Å². The van der Waals surface area contributed by atoms with Gasteiger partial charge in [-0.2, -0.15) is 5.26 Å². The minimum Gasteiger partial charge on any atom is -0.356 e. The number of rotatable bonds is 7. The Kier molecular flexibility index (Phi) is 7.40. The first-order valence-electron chi connectivity index (χ1n) is 6.67. The molecule has 4 heteroatoms. The van der Waals surface area contributed by atoms with E-state index in [4.69, 9.17) is 5.26 Å². The molecule has 0 atom stereocenters. The average molecular weight is 237 g/mol. The van der Waals surface area contributed by atoms with Gasteiger partial charge < -0.3 is 10.6 Å². The highest BCUT2D eigenvalue weighted by Crippen LogP contribution is 2.17. The van der Waals surface area contributed by atoms with Gasteiger partial charge in [-0.1, -0.05) is 0 Å². The lowest BCUT2D eigenvalue weighted by atomic mass is 9.93.